The average molecular weight is 404 g/mol. The molecule has 2 unspecified atom stereocenters. The number of piperidine rings is 1. The highest BCUT2D eigenvalue weighted by Crippen LogP contribution is 2.59. The van der Waals surface area contributed by atoms with Crippen LogP contribution in [-0.4, -0.2) is 66.1 Å². The van der Waals surface area contributed by atoms with Crippen molar-refractivity contribution >= 4 is 18.0 Å². The Morgan fingerprint density at radius 2 is 2.03 bits per heavy atom. The fourth-order valence-corrected chi connectivity index (χ4v) is 4.88. The van der Waals surface area contributed by atoms with Gasteiger partial charge in [0, 0.05) is 51.3 Å². The van der Waals surface area contributed by atoms with Crippen LogP contribution in [0.5, 0.6) is 0 Å². The Morgan fingerprint density at radius 1 is 1.31 bits per heavy atom. The van der Waals surface area contributed by atoms with E-state index < -0.39 is 5.60 Å². The van der Waals surface area contributed by atoms with Crippen LogP contribution in [0.3, 0.4) is 0 Å². The second kappa shape index (κ2) is 7.22. The highest BCUT2D eigenvalue weighted by atomic mass is 16.6. The first-order chi connectivity index (χ1) is 13.7. The van der Waals surface area contributed by atoms with Crippen molar-refractivity contribution < 1.29 is 14.3 Å². The number of rotatable bonds is 2. The van der Waals surface area contributed by atoms with Crippen LogP contribution in [0.2, 0.25) is 0 Å². The Kier molecular flexibility index (Phi) is 4.99. The van der Waals surface area contributed by atoms with Crippen molar-refractivity contribution in [2.75, 3.05) is 32.7 Å². The van der Waals surface area contributed by atoms with E-state index in [1.54, 1.807) is 0 Å². The Bertz CT molecular complexity index is 746. The van der Waals surface area contributed by atoms with Crippen LogP contribution >= 0.6 is 0 Å². The largest absolute Gasteiger partial charge is 0.444 e. The van der Waals surface area contributed by atoms with E-state index in [2.05, 4.69) is 10.3 Å². The number of carbonyl (C=O) groups is 2. The Labute approximate surface area is 172 Å². The third-order valence-corrected chi connectivity index (χ3v) is 6.75. The van der Waals surface area contributed by atoms with Gasteiger partial charge >= 0.3 is 12.1 Å². The molecule has 160 valence electrons. The number of likely N-dealkylation sites (tertiary alicyclic amines) is 2. The molecule has 3 N–H and O–H groups in total. The fraction of sp³-hybridized carbons (Fsp3) is 0.762. The van der Waals surface area contributed by atoms with Gasteiger partial charge in [0.2, 0.25) is 0 Å². The number of urea groups is 1. The second-order valence-corrected chi connectivity index (χ2v) is 10.0. The van der Waals surface area contributed by atoms with Crippen LogP contribution < -0.4 is 11.1 Å². The Hall–Kier alpha value is -2.25. The highest BCUT2D eigenvalue weighted by Gasteiger charge is 2.55. The van der Waals surface area contributed by atoms with Gasteiger partial charge in [0.25, 0.3) is 0 Å². The number of amides is 3. The molecule has 0 aromatic carbocycles. The minimum atomic E-state index is -0.459. The van der Waals surface area contributed by atoms with Gasteiger partial charge in [-0.05, 0) is 56.9 Å². The summed E-state index contributed by atoms with van der Waals surface area (Å²) >= 11 is 0. The van der Waals surface area contributed by atoms with Crippen LogP contribution in [-0.2, 0) is 4.74 Å². The number of nitrogens with one attached hydrogen (secondary N) is 1. The standard InChI is InChI=1S/C21H33N5O3/c1-20(2,3)29-19(28)25-6-4-21(5-7-25)9-16(21)11-24-18(27)26-12-14-8-17(22)23-10-15(14)13-26/h10,14,16H,4-9,11-13H2,1-3H3,(H2,22,23)(H,24,27). The summed E-state index contributed by atoms with van der Waals surface area (Å²) < 4.78 is 5.48. The second-order valence-electron chi connectivity index (χ2n) is 10.0. The lowest BCUT2D eigenvalue weighted by molar-refractivity contribution is 0.0165. The average Bonchev–Trinajstić information content (AvgIpc) is 3.12. The summed E-state index contributed by atoms with van der Waals surface area (Å²) in [6.45, 7) is 9.23. The van der Waals surface area contributed by atoms with Gasteiger partial charge in [-0.3, -0.25) is 0 Å². The number of carbonyl (C=O) groups excluding carboxylic acids is 2. The number of fused-ring (bicyclic) bond motifs is 1. The zero-order valence-electron chi connectivity index (χ0n) is 17.7. The van der Waals surface area contributed by atoms with E-state index in [4.69, 9.17) is 10.5 Å². The van der Waals surface area contributed by atoms with Gasteiger partial charge in [-0.1, -0.05) is 0 Å². The lowest BCUT2D eigenvalue weighted by atomic mass is 9.91. The fourth-order valence-electron chi connectivity index (χ4n) is 4.88. The van der Waals surface area contributed by atoms with Gasteiger partial charge in [0.1, 0.15) is 5.60 Å². The predicted octanol–water partition coefficient (Wildman–Crippen LogP) is 2.31. The van der Waals surface area contributed by atoms with Crippen molar-refractivity contribution in [3.05, 3.63) is 11.8 Å². The maximum atomic E-state index is 12.6. The molecule has 3 aliphatic heterocycles. The third kappa shape index (κ3) is 4.36. The van der Waals surface area contributed by atoms with E-state index in [9.17, 15) is 9.59 Å². The van der Waals surface area contributed by atoms with Crippen molar-refractivity contribution in [2.45, 2.75) is 52.1 Å². The van der Waals surface area contributed by atoms with Crippen LogP contribution in [0.15, 0.2) is 16.8 Å². The number of hydrogen-bond acceptors (Lipinski definition) is 5. The lowest BCUT2D eigenvalue weighted by Gasteiger charge is -2.34. The van der Waals surface area contributed by atoms with E-state index in [-0.39, 0.29) is 17.5 Å². The zero-order valence-corrected chi connectivity index (χ0v) is 17.7. The summed E-state index contributed by atoms with van der Waals surface area (Å²) in [7, 11) is 0. The molecule has 1 spiro atoms. The topological polar surface area (TPSA) is 100 Å². The molecule has 1 saturated carbocycles. The monoisotopic (exact) mass is 403 g/mol. The molecule has 3 fully saturated rings. The van der Waals surface area contributed by atoms with Gasteiger partial charge in [-0.15, -0.1) is 0 Å². The summed E-state index contributed by atoms with van der Waals surface area (Å²) in [5.74, 6) is 1.48. The molecule has 3 amide bonds. The van der Waals surface area contributed by atoms with Crippen LogP contribution in [0.1, 0.15) is 46.5 Å². The molecule has 1 aliphatic carbocycles. The third-order valence-electron chi connectivity index (χ3n) is 6.75. The molecule has 0 aromatic rings. The number of aliphatic imine (C=N–C) groups is 1. The number of nitrogens with two attached hydrogens (primary N) is 1. The van der Waals surface area contributed by atoms with Crippen molar-refractivity contribution in [3.8, 4) is 0 Å². The first kappa shape index (κ1) is 20.0. The summed E-state index contributed by atoms with van der Waals surface area (Å²) in [6, 6.07) is 0.00659. The Balaban J connectivity index is 1.20. The normalized spacial score (nSPS) is 27.8. The van der Waals surface area contributed by atoms with E-state index in [0.717, 1.165) is 38.8 Å². The molecule has 29 heavy (non-hydrogen) atoms. The molecule has 8 nitrogen and oxygen atoms in total. The minimum Gasteiger partial charge on any atom is -0.444 e. The van der Waals surface area contributed by atoms with Gasteiger partial charge < -0.3 is 25.6 Å². The first-order valence-electron chi connectivity index (χ1n) is 10.7. The SMILES string of the molecule is CC(C)(C)OC(=O)N1CCC2(CC1)CC2CNC(=O)N1CC2=CN=C(N)CC2C1. The van der Waals surface area contributed by atoms with Crippen molar-refractivity contribution in [1.82, 2.24) is 15.1 Å². The van der Waals surface area contributed by atoms with Gasteiger partial charge in [-0.25, -0.2) is 14.6 Å². The molecule has 0 radical (unpaired) electrons. The van der Waals surface area contributed by atoms with Crippen LogP contribution in [0.4, 0.5) is 9.59 Å². The molecule has 2 saturated heterocycles. The van der Waals surface area contributed by atoms with Gasteiger partial charge in [0.15, 0.2) is 0 Å². The van der Waals surface area contributed by atoms with E-state index in [1.807, 2.05) is 36.8 Å². The van der Waals surface area contributed by atoms with Gasteiger partial charge in [0.05, 0.1) is 5.84 Å². The molecule has 8 heteroatoms. The van der Waals surface area contributed by atoms with E-state index in [0.29, 0.717) is 37.3 Å². The molecule has 4 rings (SSSR count). The van der Waals surface area contributed by atoms with Gasteiger partial charge in [-0.2, -0.15) is 0 Å². The highest BCUT2D eigenvalue weighted by molar-refractivity contribution is 5.83. The number of ether oxygens (including phenoxy) is 1. The van der Waals surface area contributed by atoms with Crippen molar-refractivity contribution in [2.24, 2.45) is 28.0 Å². The smallest absolute Gasteiger partial charge is 0.410 e. The number of amidine groups is 1. The van der Waals surface area contributed by atoms with Crippen LogP contribution in [0.25, 0.3) is 0 Å². The van der Waals surface area contributed by atoms with Crippen LogP contribution in [0, 0.1) is 17.3 Å². The molecule has 0 bridgehead atoms. The summed E-state index contributed by atoms with van der Waals surface area (Å²) in [6.07, 6.45) is 5.46. The van der Waals surface area contributed by atoms with E-state index >= 15 is 0 Å². The summed E-state index contributed by atoms with van der Waals surface area (Å²) in [5, 5.41) is 3.13. The Morgan fingerprint density at radius 3 is 2.72 bits per heavy atom. The predicted molar refractivity (Wildman–Crippen MR) is 110 cm³/mol. The summed E-state index contributed by atoms with van der Waals surface area (Å²) in [5.41, 5.74) is 6.84. The number of nitrogens with zero attached hydrogens (tertiary/aromatic N) is 3. The first-order valence-corrected chi connectivity index (χ1v) is 10.7. The molecule has 3 heterocycles. The number of hydrogen-bond donors (Lipinski definition) is 2. The maximum Gasteiger partial charge on any atom is 0.410 e. The van der Waals surface area contributed by atoms with Crippen molar-refractivity contribution in [1.29, 1.82) is 0 Å². The van der Waals surface area contributed by atoms with E-state index in [1.165, 1.54) is 5.57 Å². The quantitative estimate of drug-likeness (QED) is 0.739. The molecule has 2 atom stereocenters. The lowest BCUT2D eigenvalue weighted by Crippen LogP contribution is -2.43. The zero-order chi connectivity index (χ0) is 20.8. The van der Waals surface area contributed by atoms with Crippen molar-refractivity contribution in [3.63, 3.8) is 0 Å². The molecular weight excluding hydrogens is 370 g/mol. The summed E-state index contributed by atoms with van der Waals surface area (Å²) in [4.78, 5) is 32.7. The minimum absolute atomic E-state index is 0.00659. The molecular formula is C21H33N5O3. The molecule has 4 aliphatic rings. The molecule has 0 aromatic heterocycles. The maximum absolute atomic E-state index is 12.6.